The molecule has 1 unspecified atom stereocenters. The molecule has 0 aliphatic carbocycles. The normalized spacial score (nSPS) is 25.9. The van der Waals surface area contributed by atoms with Gasteiger partial charge < -0.3 is 15.5 Å². The molecule has 8 nitrogen and oxygen atoms in total. The number of benzene rings is 1. The van der Waals surface area contributed by atoms with E-state index >= 15 is 0 Å². The molecule has 0 bridgehead atoms. The zero-order valence-electron chi connectivity index (χ0n) is 17.2. The Kier molecular flexibility index (Phi) is 5.30. The van der Waals surface area contributed by atoms with Crippen molar-refractivity contribution in [3.8, 4) is 0 Å². The number of carbonyl (C=O) groups excluding carboxylic acids is 3. The van der Waals surface area contributed by atoms with E-state index in [0.717, 1.165) is 49.9 Å². The predicted octanol–water partition coefficient (Wildman–Crippen LogP) is -0.0266. The van der Waals surface area contributed by atoms with Gasteiger partial charge >= 0.3 is 0 Å². The summed E-state index contributed by atoms with van der Waals surface area (Å²) < 4.78 is 0. The molecule has 1 aromatic carbocycles. The summed E-state index contributed by atoms with van der Waals surface area (Å²) >= 11 is 0. The number of likely N-dealkylation sites (tertiary alicyclic amines) is 1. The van der Waals surface area contributed by atoms with Crippen LogP contribution in [0.25, 0.3) is 0 Å². The van der Waals surface area contributed by atoms with Crippen molar-refractivity contribution in [1.29, 1.82) is 0 Å². The van der Waals surface area contributed by atoms with Crippen LogP contribution >= 0.6 is 0 Å². The molecular formula is C22H29N5O3. The van der Waals surface area contributed by atoms with Crippen LogP contribution in [-0.2, 0) is 22.7 Å². The lowest BCUT2D eigenvalue weighted by Gasteiger charge is -2.42. The molecule has 0 aromatic heterocycles. The zero-order valence-corrected chi connectivity index (χ0v) is 17.2. The van der Waals surface area contributed by atoms with Crippen LogP contribution in [0.1, 0.15) is 47.2 Å². The summed E-state index contributed by atoms with van der Waals surface area (Å²) in [5.41, 5.74) is 2.81. The second-order valence-electron chi connectivity index (χ2n) is 8.89. The first-order valence-corrected chi connectivity index (χ1v) is 11.0. The van der Waals surface area contributed by atoms with Gasteiger partial charge in [-0.05, 0) is 36.5 Å². The van der Waals surface area contributed by atoms with Crippen LogP contribution in [-0.4, -0.2) is 71.8 Å². The van der Waals surface area contributed by atoms with Gasteiger partial charge in [0.05, 0.1) is 0 Å². The Morgan fingerprint density at radius 2 is 1.87 bits per heavy atom. The minimum Gasteiger partial charge on any atom is -0.322 e. The molecule has 3 fully saturated rings. The Labute approximate surface area is 176 Å². The summed E-state index contributed by atoms with van der Waals surface area (Å²) in [7, 11) is 0. The first kappa shape index (κ1) is 19.7. The molecule has 3 saturated heterocycles. The van der Waals surface area contributed by atoms with E-state index < -0.39 is 6.04 Å². The maximum absolute atomic E-state index is 12.8. The lowest BCUT2D eigenvalue weighted by atomic mass is 10.0. The molecule has 4 aliphatic heterocycles. The Morgan fingerprint density at radius 1 is 1.07 bits per heavy atom. The number of carbonyl (C=O) groups is 3. The highest BCUT2D eigenvalue weighted by Gasteiger charge is 2.39. The number of hydrogen-bond acceptors (Lipinski definition) is 6. The van der Waals surface area contributed by atoms with E-state index in [1.165, 1.54) is 12.8 Å². The number of rotatable bonds is 5. The molecule has 8 heteroatoms. The van der Waals surface area contributed by atoms with E-state index in [4.69, 9.17) is 0 Å². The Hall–Kier alpha value is -2.29. The van der Waals surface area contributed by atoms with Crippen molar-refractivity contribution in [2.75, 3.05) is 26.2 Å². The fourth-order valence-corrected chi connectivity index (χ4v) is 5.00. The Bertz CT molecular complexity index is 860. The van der Waals surface area contributed by atoms with Gasteiger partial charge in [-0.2, -0.15) is 0 Å². The summed E-state index contributed by atoms with van der Waals surface area (Å²) in [6, 6.07) is 6.68. The highest BCUT2D eigenvalue weighted by molar-refractivity contribution is 6.05. The van der Waals surface area contributed by atoms with Gasteiger partial charge in [-0.3, -0.25) is 24.6 Å². The van der Waals surface area contributed by atoms with Gasteiger partial charge in [-0.1, -0.05) is 12.1 Å². The summed E-state index contributed by atoms with van der Waals surface area (Å²) in [6.07, 6.45) is 3.02. The van der Waals surface area contributed by atoms with E-state index in [1.807, 2.05) is 12.1 Å². The van der Waals surface area contributed by atoms with E-state index in [0.29, 0.717) is 24.6 Å². The highest BCUT2D eigenvalue weighted by Crippen LogP contribution is 2.28. The first-order chi connectivity index (χ1) is 14.6. The third kappa shape index (κ3) is 3.75. The number of amides is 3. The SMILES string of the molecule is O=C1CCC(N2Cc3cc(CNC4CCN(C5CNC5)CC4)ccc3C2=O)C(=O)N1. The molecule has 160 valence electrons. The zero-order chi connectivity index (χ0) is 20.7. The maximum atomic E-state index is 12.8. The van der Waals surface area contributed by atoms with E-state index in [-0.39, 0.29) is 24.1 Å². The van der Waals surface area contributed by atoms with Crippen LogP contribution in [0.5, 0.6) is 0 Å². The summed E-state index contributed by atoms with van der Waals surface area (Å²) in [5.74, 6) is -0.737. The predicted molar refractivity (Wildman–Crippen MR) is 111 cm³/mol. The van der Waals surface area contributed by atoms with E-state index in [1.54, 1.807) is 4.90 Å². The van der Waals surface area contributed by atoms with E-state index in [9.17, 15) is 14.4 Å². The summed E-state index contributed by atoms with van der Waals surface area (Å²) in [4.78, 5) is 40.6. The van der Waals surface area contributed by atoms with Crippen molar-refractivity contribution in [1.82, 2.24) is 25.8 Å². The van der Waals surface area contributed by atoms with Crippen molar-refractivity contribution >= 4 is 17.7 Å². The molecular weight excluding hydrogens is 382 g/mol. The molecule has 5 rings (SSSR count). The lowest BCUT2D eigenvalue weighted by molar-refractivity contribution is -0.136. The monoisotopic (exact) mass is 411 g/mol. The quantitative estimate of drug-likeness (QED) is 0.590. The van der Waals surface area contributed by atoms with Gasteiger partial charge in [0.25, 0.3) is 5.91 Å². The number of piperidine rings is 2. The minimum atomic E-state index is -0.555. The number of nitrogens with zero attached hydrogens (tertiary/aromatic N) is 2. The third-order valence-corrected chi connectivity index (χ3v) is 6.99. The van der Waals surface area contributed by atoms with Crippen molar-refractivity contribution in [2.24, 2.45) is 0 Å². The van der Waals surface area contributed by atoms with Gasteiger partial charge in [-0.15, -0.1) is 0 Å². The highest BCUT2D eigenvalue weighted by atomic mass is 16.2. The van der Waals surface area contributed by atoms with Crippen molar-refractivity contribution in [3.05, 3.63) is 34.9 Å². The standard InChI is InChI=1S/C22H29N5O3/c28-20-4-3-19(21(29)25-20)27-13-15-9-14(1-2-18(15)22(27)30)10-24-16-5-7-26(8-6-16)17-11-23-12-17/h1-2,9,16-17,19,23-24H,3-8,10-13H2,(H,25,28,29). The van der Waals surface area contributed by atoms with Crippen LogP contribution < -0.4 is 16.0 Å². The average Bonchev–Trinajstić information content (AvgIpc) is 3.02. The molecule has 3 amide bonds. The molecule has 1 atom stereocenters. The second kappa shape index (κ2) is 8.09. The number of imide groups is 1. The van der Waals surface area contributed by atoms with Crippen molar-refractivity contribution < 1.29 is 14.4 Å². The van der Waals surface area contributed by atoms with E-state index in [2.05, 4.69) is 26.9 Å². The van der Waals surface area contributed by atoms with Gasteiger partial charge in [-0.25, -0.2) is 0 Å². The largest absolute Gasteiger partial charge is 0.322 e. The maximum Gasteiger partial charge on any atom is 0.255 e. The fraction of sp³-hybridized carbons (Fsp3) is 0.591. The molecule has 30 heavy (non-hydrogen) atoms. The van der Waals surface area contributed by atoms with Crippen molar-refractivity contribution in [2.45, 2.75) is 56.9 Å². The van der Waals surface area contributed by atoms with Gasteiger partial charge in [0.15, 0.2) is 0 Å². The number of nitrogens with one attached hydrogen (secondary N) is 3. The molecule has 0 radical (unpaired) electrons. The van der Waals surface area contributed by atoms with Gasteiger partial charge in [0.1, 0.15) is 6.04 Å². The first-order valence-electron chi connectivity index (χ1n) is 11.0. The van der Waals surface area contributed by atoms with Crippen LogP contribution in [0.3, 0.4) is 0 Å². The second-order valence-corrected chi connectivity index (χ2v) is 8.89. The summed E-state index contributed by atoms with van der Waals surface area (Å²) in [5, 5.41) is 9.38. The minimum absolute atomic E-state index is 0.114. The van der Waals surface area contributed by atoms with Crippen LogP contribution in [0.2, 0.25) is 0 Å². The number of hydrogen-bond donors (Lipinski definition) is 3. The molecule has 4 heterocycles. The van der Waals surface area contributed by atoms with Gasteiger partial charge in [0.2, 0.25) is 11.8 Å². The van der Waals surface area contributed by atoms with Crippen molar-refractivity contribution in [3.63, 3.8) is 0 Å². The van der Waals surface area contributed by atoms with Crippen LogP contribution in [0, 0.1) is 0 Å². The smallest absolute Gasteiger partial charge is 0.255 e. The molecule has 4 aliphatic rings. The topological polar surface area (TPSA) is 93.8 Å². The third-order valence-electron chi connectivity index (χ3n) is 6.99. The lowest BCUT2D eigenvalue weighted by Crippen LogP contribution is -2.59. The van der Waals surface area contributed by atoms with Gasteiger partial charge in [0, 0.05) is 63.3 Å². The Balaban J connectivity index is 1.17. The average molecular weight is 412 g/mol. The molecule has 3 N–H and O–H groups in total. The molecule has 0 saturated carbocycles. The molecule has 0 spiro atoms. The number of fused-ring (bicyclic) bond motifs is 1. The van der Waals surface area contributed by atoms with Crippen LogP contribution in [0.15, 0.2) is 18.2 Å². The molecule has 1 aromatic rings. The fourth-order valence-electron chi connectivity index (χ4n) is 5.00. The van der Waals surface area contributed by atoms with Crippen LogP contribution in [0.4, 0.5) is 0 Å². The Morgan fingerprint density at radius 3 is 2.57 bits per heavy atom. The summed E-state index contributed by atoms with van der Waals surface area (Å²) in [6.45, 7) is 5.79.